The summed E-state index contributed by atoms with van der Waals surface area (Å²) in [5.41, 5.74) is -0.362. The molecular formula is C17H20ClNO4S. The molecule has 5 nitrogen and oxygen atoms in total. The van der Waals surface area contributed by atoms with Crippen LogP contribution in [0.4, 0.5) is 0 Å². The van der Waals surface area contributed by atoms with Gasteiger partial charge in [0, 0.05) is 11.6 Å². The maximum atomic E-state index is 12.8. The third-order valence-corrected chi connectivity index (χ3v) is 5.45. The van der Waals surface area contributed by atoms with E-state index in [0.29, 0.717) is 29.2 Å². The summed E-state index contributed by atoms with van der Waals surface area (Å²) in [5, 5.41) is 0.446. The number of rotatable bonds is 6. The third-order valence-electron chi connectivity index (χ3n) is 3.75. The summed E-state index contributed by atoms with van der Waals surface area (Å²) in [5.74, 6) is -0.189. The van der Waals surface area contributed by atoms with Crippen LogP contribution in [0, 0.1) is 0 Å². The standard InChI is InChI=1S/C17H20ClNO4S/c1-4-9-23-17(12(2)10-15(20)11-13(17)3)19-24(21,22)16-7-5-14(18)6-8-16/h5-8,10-11,19H,4,9H2,1-3H3. The summed E-state index contributed by atoms with van der Waals surface area (Å²) < 4.78 is 34.0. The molecule has 1 aromatic carbocycles. The molecule has 1 aliphatic rings. The van der Waals surface area contributed by atoms with Gasteiger partial charge in [-0.25, -0.2) is 8.42 Å². The Kier molecular flexibility index (Phi) is 5.65. The average molecular weight is 370 g/mol. The van der Waals surface area contributed by atoms with Crippen molar-refractivity contribution in [2.75, 3.05) is 6.61 Å². The molecule has 1 aromatic rings. The van der Waals surface area contributed by atoms with Crippen molar-refractivity contribution in [3.8, 4) is 0 Å². The molecule has 2 rings (SSSR count). The fraction of sp³-hybridized carbons (Fsp3) is 0.353. The van der Waals surface area contributed by atoms with E-state index < -0.39 is 15.7 Å². The number of hydrogen-bond donors (Lipinski definition) is 1. The van der Waals surface area contributed by atoms with Crippen molar-refractivity contribution >= 4 is 27.4 Å². The highest BCUT2D eigenvalue weighted by molar-refractivity contribution is 7.89. The van der Waals surface area contributed by atoms with E-state index in [-0.39, 0.29) is 10.7 Å². The molecule has 0 bridgehead atoms. The van der Waals surface area contributed by atoms with E-state index in [1.165, 1.54) is 36.4 Å². The predicted octanol–water partition coefficient (Wildman–Crippen LogP) is 3.22. The molecule has 0 unspecified atom stereocenters. The molecule has 0 saturated carbocycles. The number of allylic oxidation sites excluding steroid dienone is 2. The van der Waals surface area contributed by atoms with Crippen LogP contribution in [-0.4, -0.2) is 26.5 Å². The van der Waals surface area contributed by atoms with Crippen LogP contribution in [0.3, 0.4) is 0 Å². The van der Waals surface area contributed by atoms with Crippen LogP contribution in [0.15, 0.2) is 52.5 Å². The maximum Gasteiger partial charge on any atom is 0.243 e. The Morgan fingerprint density at radius 2 is 1.67 bits per heavy atom. The van der Waals surface area contributed by atoms with Crippen molar-refractivity contribution in [3.63, 3.8) is 0 Å². The summed E-state index contributed by atoms with van der Waals surface area (Å²) in [6.07, 6.45) is 3.47. The van der Waals surface area contributed by atoms with Crippen molar-refractivity contribution in [1.82, 2.24) is 4.72 Å². The lowest BCUT2D eigenvalue weighted by Crippen LogP contribution is -2.53. The number of sulfonamides is 1. The fourth-order valence-electron chi connectivity index (χ4n) is 2.52. The highest BCUT2D eigenvalue weighted by Crippen LogP contribution is 2.32. The fourth-order valence-corrected chi connectivity index (χ4v) is 4.02. The summed E-state index contributed by atoms with van der Waals surface area (Å²) in [6, 6.07) is 5.85. The van der Waals surface area contributed by atoms with Gasteiger partial charge in [0.1, 0.15) is 0 Å². The molecule has 0 saturated heterocycles. The number of benzene rings is 1. The lowest BCUT2D eigenvalue weighted by atomic mass is 9.90. The van der Waals surface area contributed by atoms with E-state index in [2.05, 4.69) is 4.72 Å². The first-order chi connectivity index (χ1) is 11.2. The molecule has 24 heavy (non-hydrogen) atoms. The molecule has 0 atom stereocenters. The van der Waals surface area contributed by atoms with E-state index >= 15 is 0 Å². The third kappa shape index (κ3) is 3.78. The highest BCUT2D eigenvalue weighted by Gasteiger charge is 2.42. The van der Waals surface area contributed by atoms with E-state index in [1.54, 1.807) is 13.8 Å². The first-order valence-electron chi connectivity index (χ1n) is 7.56. The molecule has 0 fully saturated rings. The number of carbonyl (C=O) groups excluding carboxylic acids is 1. The molecule has 0 amide bonds. The zero-order valence-corrected chi connectivity index (χ0v) is 15.4. The van der Waals surface area contributed by atoms with Crippen LogP contribution in [-0.2, 0) is 19.6 Å². The van der Waals surface area contributed by atoms with Gasteiger partial charge in [0.15, 0.2) is 11.5 Å². The summed E-state index contributed by atoms with van der Waals surface area (Å²) >= 11 is 5.82. The van der Waals surface area contributed by atoms with Crippen molar-refractivity contribution in [3.05, 3.63) is 52.6 Å². The highest BCUT2D eigenvalue weighted by atomic mass is 35.5. The van der Waals surface area contributed by atoms with Gasteiger partial charge in [0.05, 0.1) is 4.90 Å². The molecule has 7 heteroatoms. The number of nitrogens with one attached hydrogen (secondary N) is 1. The van der Waals surface area contributed by atoms with E-state index in [0.717, 1.165) is 0 Å². The van der Waals surface area contributed by atoms with Gasteiger partial charge in [-0.1, -0.05) is 18.5 Å². The van der Waals surface area contributed by atoms with Crippen LogP contribution in [0.1, 0.15) is 27.2 Å². The Bertz CT molecular complexity index is 772. The molecule has 0 aromatic heterocycles. The first-order valence-corrected chi connectivity index (χ1v) is 9.42. The van der Waals surface area contributed by atoms with Gasteiger partial charge < -0.3 is 4.74 Å². The van der Waals surface area contributed by atoms with Crippen molar-refractivity contribution in [2.24, 2.45) is 0 Å². The number of ether oxygens (including phenoxy) is 1. The van der Waals surface area contributed by atoms with E-state index in [4.69, 9.17) is 16.3 Å². The number of carbonyl (C=O) groups is 1. The van der Waals surface area contributed by atoms with Gasteiger partial charge >= 0.3 is 0 Å². The Balaban J connectivity index is 2.46. The first kappa shape index (κ1) is 18.9. The van der Waals surface area contributed by atoms with Gasteiger partial charge in [0.25, 0.3) is 0 Å². The van der Waals surface area contributed by atoms with E-state index in [1.807, 2.05) is 6.92 Å². The van der Waals surface area contributed by atoms with Crippen molar-refractivity contribution in [2.45, 2.75) is 37.8 Å². The van der Waals surface area contributed by atoms with Gasteiger partial charge in [-0.2, -0.15) is 4.72 Å². The summed E-state index contributed by atoms with van der Waals surface area (Å²) in [7, 11) is -3.88. The van der Waals surface area contributed by atoms with Gasteiger partial charge in [0.2, 0.25) is 10.0 Å². The molecule has 0 aliphatic heterocycles. The molecule has 1 N–H and O–H groups in total. The van der Waals surface area contributed by atoms with Crippen LogP contribution in [0.25, 0.3) is 0 Å². The average Bonchev–Trinajstić information content (AvgIpc) is 2.50. The Morgan fingerprint density at radius 1 is 1.12 bits per heavy atom. The minimum atomic E-state index is -3.88. The van der Waals surface area contributed by atoms with Crippen LogP contribution in [0.5, 0.6) is 0 Å². The molecule has 0 radical (unpaired) electrons. The minimum Gasteiger partial charge on any atom is -0.352 e. The summed E-state index contributed by atoms with van der Waals surface area (Å²) in [6.45, 7) is 5.62. The Hall–Kier alpha value is -1.47. The SMILES string of the molecule is CCCOC1(NS(=O)(=O)c2ccc(Cl)cc2)C(C)=CC(=O)C=C1C. The topological polar surface area (TPSA) is 72.5 Å². The lowest BCUT2D eigenvalue weighted by Gasteiger charge is -2.38. The lowest BCUT2D eigenvalue weighted by molar-refractivity contribution is -0.111. The Labute approximate surface area is 147 Å². The predicted molar refractivity (Wildman–Crippen MR) is 93.3 cm³/mol. The van der Waals surface area contributed by atoms with Crippen LogP contribution < -0.4 is 4.72 Å². The second-order valence-corrected chi connectivity index (χ2v) is 7.76. The maximum absolute atomic E-state index is 12.8. The van der Waals surface area contributed by atoms with Crippen LogP contribution >= 0.6 is 11.6 Å². The molecular weight excluding hydrogens is 350 g/mol. The largest absolute Gasteiger partial charge is 0.352 e. The zero-order chi connectivity index (χ0) is 18.0. The molecule has 0 spiro atoms. The van der Waals surface area contributed by atoms with Gasteiger partial charge in [-0.05, 0) is 67.8 Å². The van der Waals surface area contributed by atoms with Crippen molar-refractivity contribution < 1.29 is 17.9 Å². The second kappa shape index (κ2) is 7.19. The smallest absolute Gasteiger partial charge is 0.243 e. The van der Waals surface area contributed by atoms with Crippen LogP contribution in [0.2, 0.25) is 5.02 Å². The molecule has 0 heterocycles. The van der Waals surface area contributed by atoms with Gasteiger partial charge in [-0.3, -0.25) is 4.79 Å². The van der Waals surface area contributed by atoms with Crippen molar-refractivity contribution in [1.29, 1.82) is 0 Å². The number of halogens is 1. The molecule has 130 valence electrons. The number of ketones is 1. The monoisotopic (exact) mass is 369 g/mol. The van der Waals surface area contributed by atoms with E-state index in [9.17, 15) is 13.2 Å². The Morgan fingerprint density at radius 3 is 2.17 bits per heavy atom. The normalized spacial score (nSPS) is 17.4. The molecule has 1 aliphatic carbocycles. The minimum absolute atomic E-state index is 0.0730. The van der Waals surface area contributed by atoms with Gasteiger partial charge in [-0.15, -0.1) is 0 Å². The summed E-state index contributed by atoms with van der Waals surface area (Å²) in [4.78, 5) is 11.8. The second-order valence-electron chi connectivity index (χ2n) is 5.65. The number of hydrogen-bond acceptors (Lipinski definition) is 4. The quantitative estimate of drug-likeness (QED) is 0.781. The zero-order valence-electron chi connectivity index (χ0n) is 13.8.